The molecule has 0 fully saturated rings. The second kappa shape index (κ2) is 5.73. The average Bonchev–Trinajstić information content (AvgIpc) is 2.93. The van der Waals surface area contributed by atoms with Crippen LogP contribution in [0.3, 0.4) is 0 Å². The largest absolute Gasteiger partial charge is 0.454 e. The van der Waals surface area contributed by atoms with Gasteiger partial charge in [-0.1, -0.05) is 28.1 Å². The van der Waals surface area contributed by atoms with Gasteiger partial charge in [0.05, 0.1) is 5.56 Å². The molecule has 1 aliphatic rings. The third-order valence-electron chi connectivity index (χ3n) is 3.09. The number of rotatable bonds is 3. The van der Waals surface area contributed by atoms with Crippen molar-refractivity contribution in [2.75, 3.05) is 6.79 Å². The Kier molecular flexibility index (Phi) is 3.79. The van der Waals surface area contributed by atoms with Crippen molar-refractivity contribution < 1.29 is 18.7 Å². The van der Waals surface area contributed by atoms with Gasteiger partial charge in [-0.15, -0.1) is 0 Å². The van der Waals surface area contributed by atoms with E-state index in [4.69, 9.17) is 9.47 Å². The molecule has 0 saturated heterocycles. The molecule has 0 spiro atoms. The Morgan fingerprint density at radius 3 is 2.95 bits per heavy atom. The number of nitrogens with one attached hydrogen (secondary N) is 1. The SMILES string of the molecule is O=C(NCc1cccc2c1OCO2)c1ccc(Br)cc1F. The van der Waals surface area contributed by atoms with Crippen LogP contribution < -0.4 is 14.8 Å². The third-order valence-corrected chi connectivity index (χ3v) is 3.59. The number of fused-ring (bicyclic) bond motifs is 1. The third kappa shape index (κ3) is 2.85. The first-order chi connectivity index (χ1) is 10.1. The number of amides is 1. The van der Waals surface area contributed by atoms with Crippen molar-refractivity contribution in [3.8, 4) is 11.5 Å². The van der Waals surface area contributed by atoms with Gasteiger partial charge in [0, 0.05) is 16.6 Å². The van der Waals surface area contributed by atoms with Crippen LogP contribution >= 0.6 is 15.9 Å². The van der Waals surface area contributed by atoms with E-state index in [-0.39, 0.29) is 18.9 Å². The Labute approximate surface area is 129 Å². The summed E-state index contributed by atoms with van der Waals surface area (Å²) in [5, 5.41) is 2.68. The molecule has 2 aromatic carbocycles. The minimum Gasteiger partial charge on any atom is -0.454 e. The Balaban J connectivity index is 1.73. The second-order valence-corrected chi connectivity index (χ2v) is 5.37. The molecule has 0 atom stereocenters. The fraction of sp³-hybridized carbons (Fsp3) is 0.133. The molecule has 1 heterocycles. The molecule has 0 aromatic heterocycles. The standard InChI is InChI=1S/C15H11BrFNO3/c16-10-4-5-11(12(17)6-10)15(19)18-7-9-2-1-3-13-14(9)21-8-20-13/h1-6H,7-8H2,(H,18,19). The first-order valence-corrected chi connectivity index (χ1v) is 7.05. The number of para-hydroxylation sites is 1. The van der Waals surface area contributed by atoms with Crippen LogP contribution in [0.4, 0.5) is 4.39 Å². The highest BCUT2D eigenvalue weighted by Crippen LogP contribution is 2.35. The van der Waals surface area contributed by atoms with E-state index in [1.54, 1.807) is 12.1 Å². The molecule has 1 N–H and O–H groups in total. The normalized spacial score (nSPS) is 12.3. The molecule has 4 nitrogen and oxygen atoms in total. The Hall–Kier alpha value is -2.08. The predicted molar refractivity (Wildman–Crippen MR) is 77.8 cm³/mol. The van der Waals surface area contributed by atoms with Gasteiger partial charge >= 0.3 is 0 Å². The molecule has 0 saturated carbocycles. The molecule has 6 heteroatoms. The molecule has 0 aliphatic carbocycles. The van der Waals surface area contributed by atoms with Crippen molar-refractivity contribution in [2.45, 2.75) is 6.54 Å². The van der Waals surface area contributed by atoms with Crippen molar-refractivity contribution in [3.63, 3.8) is 0 Å². The lowest BCUT2D eigenvalue weighted by atomic mass is 10.1. The van der Waals surface area contributed by atoms with Gasteiger partial charge in [-0.2, -0.15) is 0 Å². The van der Waals surface area contributed by atoms with E-state index in [2.05, 4.69) is 21.2 Å². The van der Waals surface area contributed by atoms with Gasteiger partial charge in [-0.3, -0.25) is 4.79 Å². The summed E-state index contributed by atoms with van der Waals surface area (Å²) in [6.45, 7) is 0.405. The maximum Gasteiger partial charge on any atom is 0.254 e. The number of carbonyl (C=O) groups is 1. The summed E-state index contributed by atoms with van der Waals surface area (Å²) in [4.78, 5) is 12.0. The number of ether oxygens (including phenoxy) is 2. The van der Waals surface area contributed by atoms with E-state index in [9.17, 15) is 9.18 Å². The summed E-state index contributed by atoms with van der Waals surface area (Å²) in [6, 6.07) is 9.74. The summed E-state index contributed by atoms with van der Waals surface area (Å²) in [6.07, 6.45) is 0. The molecule has 0 radical (unpaired) electrons. The zero-order valence-corrected chi connectivity index (χ0v) is 12.4. The van der Waals surface area contributed by atoms with Crippen molar-refractivity contribution in [3.05, 3.63) is 57.8 Å². The van der Waals surface area contributed by atoms with Crippen LogP contribution in [0.1, 0.15) is 15.9 Å². The number of carbonyl (C=O) groups excluding carboxylic acids is 1. The average molecular weight is 352 g/mol. The van der Waals surface area contributed by atoms with E-state index in [1.807, 2.05) is 12.1 Å². The summed E-state index contributed by atoms with van der Waals surface area (Å²) < 4.78 is 24.9. The molecule has 2 aromatic rings. The second-order valence-electron chi connectivity index (χ2n) is 4.46. The topological polar surface area (TPSA) is 47.6 Å². The minimum atomic E-state index is -0.570. The lowest BCUT2D eigenvalue weighted by Gasteiger charge is -2.08. The van der Waals surface area contributed by atoms with Gasteiger partial charge in [0.1, 0.15) is 5.82 Å². The molecular formula is C15H11BrFNO3. The van der Waals surface area contributed by atoms with E-state index < -0.39 is 11.7 Å². The van der Waals surface area contributed by atoms with Gasteiger partial charge in [0.25, 0.3) is 5.91 Å². The van der Waals surface area contributed by atoms with Crippen LogP contribution in [0.2, 0.25) is 0 Å². The molecule has 108 valence electrons. The van der Waals surface area contributed by atoms with E-state index in [1.165, 1.54) is 12.1 Å². The van der Waals surface area contributed by atoms with Crippen molar-refractivity contribution in [2.24, 2.45) is 0 Å². The molecule has 0 bridgehead atoms. The number of hydrogen-bond acceptors (Lipinski definition) is 3. The molecule has 1 aliphatic heterocycles. The van der Waals surface area contributed by atoms with Gasteiger partial charge in [0.2, 0.25) is 6.79 Å². The minimum absolute atomic E-state index is 0.00273. The summed E-state index contributed by atoms with van der Waals surface area (Å²) in [5.74, 6) is 0.224. The monoisotopic (exact) mass is 351 g/mol. The Bertz CT molecular complexity index is 705. The molecule has 21 heavy (non-hydrogen) atoms. The zero-order valence-electron chi connectivity index (χ0n) is 10.9. The quantitative estimate of drug-likeness (QED) is 0.923. The van der Waals surface area contributed by atoms with E-state index in [0.717, 1.165) is 5.56 Å². The molecule has 0 unspecified atom stereocenters. The first-order valence-electron chi connectivity index (χ1n) is 6.26. The number of hydrogen-bond donors (Lipinski definition) is 1. The molecular weight excluding hydrogens is 341 g/mol. The predicted octanol–water partition coefficient (Wildman–Crippen LogP) is 3.25. The van der Waals surface area contributed by atoms with Crippen molar-refractivity contribution >= 4 is 21.8 Å². The van der Waals surface area contributed by atoms with Crippen LogP contribution in [0.15, 0.2) is 40.9 Å². The van der Waals surface area contributed by atoms with Gasteiger partial charge in [-0.05, 0) is 24.3 Å². The van der Waals surface area contributed by atoms with Gasteiger partial charge in [0.15, 0.2) is 11.5 Å². The Morgan fingerprint density at radius 2 is 2.14 bits per heavy atom. The van der Waals surface area contributed by atoms with Crippen LogP contribution in [0, 0.1) is 5.82 Å². The van der Waals surface area contributed by atoms with Gasteiger partial charge in [-0.25, -0.2) is 4.39 Å². The first kappa shape index (κ1) is 13.9. The van der Waals surface area contributed by atoms with Gasteiger partial charge < -0.3 is 14.8 Å². The fourth-order valence-corrected chi connectivity index (χ4v) is 2.41. The van der Waals surface area contributed by atoms with Crippen molar-refractivity contribution in [1.82, 2.24) is 5.32 Å². The van der Waals surface area contributed by atoms with Crippen LogP contribution in [-0.4, -0.2) is 12.7 Å². The fourth-order valence-electron chi connectivity index (χ4n) is 2.07. The van der Waals surface area contributed by atoms with Crippen LogP contribution in [0.5, 0.6) is 11.5 Å². The van der Waals surface area contributed by atoms with Crippen LogP contribution in [-0.2, 0) is 6.54 Å². The maximum atomic E-state index is 13.7. The summed E-state index contributed by atoms with van der Waals surface area (Å²) in [7, 11) is 0. The van der Waals surface area contributed by atoms with E-state index >= 15 is 0 Å². The number of benzene rings is 2. The van der Waals surface area contributed by atoms with Crippen LogP contribution in [0.25, 0.3) is 0 Å². The Morgan fingerprint density at radius 1 is 1.29 bits per heavy atom. The van der Waals surface area contributed by atoms with Crippen molar-refractivity contribution in [1.29, 1.82) is 0 Å². The molecule has 3 rings (SSSR count). The number of halogens is 2. The highest BCUT2D eigenvalue weighted by atomic mass is 79.9. The highest BCUT2D eigenvalue weighted by Gasteiger charge is 2.18. The molecule has 1 amide bonds. The summed E-state index contributed by atoms with van der Waals surface area (Å²) in [5.41, 5.74) is 0.791. The highest BCUT2D eigenvalue weighted by molar-refractivity contribution is 9.10. The van der Waals surface area contributed by atoms with E-state index in [0.29, 0.717) is 16.0 Å². The maximum absolute atomic E-state index is 13.7. The zero-order chi connectivity index (χ0) is 14.8. The smallest absolute Gasteiger partial charge is 0.254 e. The summed E-state index contributed by atoms with van der Waals surface area (Å²) >= 11 is 3.15. The lowest BCUT2D eigenvalue weighted by Crippen LogP contribution is -2.24. The lowest BCUT2D eigenvalue weighted by molar-refractivity contribution is 0.0946.